The van der Waals surface area contributed by atoms with Gasteiger partial charge in [-0.2, -0.15) is 5.26 Å². The van der Waals surface area contributed by atoms with E-state index < -0.39 is 0 Å². The highest BCUT2D eigenvalue weighted by Crippen LogP contribution is 2.29. The zero-order valence-corrected chi connectivity index (χ0v) is 16.5. The molecule has 1 amide bonds. The van der Waals surface area contributed by atoms with Crippen molar-refractivity contribution in [1.82, 2.24) is 10.3 Å². The number of hydrogen-bond donors (Lipinski definition) is 3. The van der Waals surface area contributed by atoms with Gasteiger partial charge in [0, 0.05) is 24.7 Å². The summed E-state index contributed by atoms with van der Waals surface area (Å²) >= 11 is 6.20. The van der Waals surface area contributed by atoms with E-state index in [1.807, 2.05) is 6.07 Å². The Bertz CT molecular complexity index is 1100. The smallest absolute Gasteiger partial charge is 0.255 e. The first kappa shape index (κ1) is 20.4. The van der Waals surface area contributed by atoms with E-state index in [9.17, 15) is 10.1 Å². The first-order valence-electron chi connectivity index (χ1n) is 8.85. The zero-order valence-electron chi connectivity index (χ0n) is 15.7. The maximum absolute atomic E-state index is 12.6. The number of fused-ring (bicyclic) bond motifs is 1. The second kappa shape index (κ2) is 9.24. The number of carbonyl (C=O) groups excluding carboxylic acids is 1. The molecule has 8 heteroatoms. The lowest BCUT2D eigenvalue weighted by Crippen LogP contribution is -2.27. The van der Waals surface area contributed by atoms with Crippen LogP contribution in [0.2, 0.25) is 5.02 Å². The predicted molar refractivity (Wildman–Crippen MR) is 111 cm³/mol. The summed E-state index contributed by atoms with van der Waals surface area (Å²) in [5.41, 5.74) is 2.87. The average molecular weight is 411 g/mol. The number of ether oxygens (including phenoxy) is 1. The number of aliphatic hydroxyl groups excluding tert-OH is 1. The topological polar surface area (TPSA) is 107 Å². The molecule has 29 heavy (non-hydrogen) atoms. The van der Waals surface area contributed by atoms with Crippen molar-refractivity contribution >= 4 is 34.1 Å². The lowest BCUT2D eigenvalue weighted by atomic mass is 10.1. The molecule has 0 unspecified atom stereocenters. The fourth-order valence-electron chi connectivity index (χ4n) is 2.90. The van der Waals surface area contributed by atoms with Crippen molar-refractivity contribution in [2.75, 3.05) is 25.6 Å². The molecule has 0 saturated heterocycles. The molecule has 0 radical (unpaired) electrons. The van der Waals surface area contributed by atoms with E-state index in [2.05, 4.69) is 21.7 Å². The van der Waals surface area contributed by atoms with Crippen molar-refractivity contribution in [3.63, 3.8) is 0 Å². The van der Waals surface area contributed by atoms with Gasteiger partial charge in [-0.1, -0.05) is 17.7 Å². The number of anilines is 1. The molecule has 2 aromatic carbocycles. The van der Waals surface area contributed by atoms with Crippen LogP contribution in [0.25, 0.3) is 10.9 Å². The van der Waals surface area contributed by atoms with E-state index in [0.717, 1.165) is 5.56 Å². The van der Waals surface area contributed by atoms with Gasteiger partial charge < -0.3 is 20.5 Å². The summed E-state index contributed by atoms with van der Waals surface area (Å²) in [7, 11) is 1.55. The van der Waals surface area contributed by atoms with Crippen molar-refractivity contribution in [2.45, 2.75) is 6.54 Å². The number of carbonyl (C=O) groups is 1. The largest absolute Gasteiger partial charge is 0.495 e. The Hall–Kier alpha value is -3.34. The van der Waals surface area contributed by atoms with Gasteiger partial charge in [0.2, 0.25) is 0 Å². The van der Waals surface area contributed by atoms with Crippen LogP contribution in [0, 0.1) is 11.3 Å². The van der Waals surface area contributed by atoms with Gasteiger partial charge in [-0.3, -0.25) is 9.78 Å². The molecule has 3 rings (SSSR count). The molecule has 0 aliphatic rings. The number of nitrogens with zero attached hydrogens (tertiary/aromatic N) is 2. The number of halogens is 1. The SMILES string of the molecule is COc1ccc(CNc2c(C(=O)NCCO)cnc3ccc(C#N)cc23)cc1Cl. The second-order valence-corrected chi connectivity index (χ2v) is 6.60. The van der Waals surface area contributed by atoms with Crippen molar-refractivity contribution in [1.29, 1.82) is 5.26 Å². The third kappa shape index (κ3) is 4.57. The van der Waals surface area contributed by atoms with Gasteiger partial charge in [-0.25, -0.2) is 0 Å². The minimum atomic E-state index is -0.369. The molecular formula is C21H19ClN4O3. The Morgan fingerprint density at radius 3 is 2.83 bits per heavy atom. The minimum absolute atomic E-state index is 0.128. The maximum atomic E-state index is 12.6. The molecule has 0 aliphatic carbocycles. The van der Waals surface area contributed by atoms with Gasteiger partial charge in [0.05, 0.1) is 47.1 Å². The molecule has 1 aromatic heterocycles. The highest BCUT2D eigenvalue weighted by atomic mass is 35.5. The molecule has 0 aliphatic heterocycles. The number of aliphatic hydroxyl groups is 1. The molecule has 0 saturated carbocycles. The van der Waals surface area contributed by atoms with E-state index >= 15 is 0 Å². The Morgan fingerprint density at radius 1 is 1.31 bits per heavy atom. The quantitative estimate of drug-likeness (QED) is 0.552. The van der Waals surface area contributed by atoms with E-state index in [4.69, 9.17) is 21.4 Å². The Balaban J connectivity index is 2.01. The highest BCUT2D eigenvalue weighted by Gasteiger charge is 2.16. The fraction of sp³-hybridized carbons (Fsp3) is 0.190. The number of benzene rings is 2. The Labute approximate surface area is 172 Å². The Morgan fingerprint density at radius 2 is 2.14 bits per heavy atom. The number of rotatable bonds is 7. The van der Waals surface area contributed by atoms with Crippen LogP contribution in [0.5, 0.6) is 5.75 Å². The monoisotopic (exact) mass is 410 g/mol. The molecule has 3 aromatic rings. The van der Waals surface area contributed by atoms with Crippen LogP contribution < -0.4 is 15.4 Å². The molecule has 1 heterocycles. The second-order valence-electron chi connectivity index (χ2n) is 6.19. The van der Waals surface area contributed by atoms with Crippen LogP contribution in [0.15, 0.2) is 42.6 Å². The summed E-state index contributed by atoms with van der Waals surface area (Å²) in [6.45, 7) is 0.348. The molecule has 0 spiro atoms. The fourth-order valence-corrected chi connectivity index (χ4v) is 3.18. The normalized spacial score (nSPS) is 10.4. The number of nitriles is 1. The lowest BCUT2D eigenvalue weighted by Gasteiger charge is -2.15. The predicted octanol–water partition coefficient (Wildman–Crippen LogP) is 3.10. The van der Waals surface area contributed by atoms with E-state index in [1.54, 1.807) is 37.4 Å². The van der Waals surface area contributed by atoms with Crippen LogP contribution in [0.3, 0.4) is 0 Å². The summed E-state index contributed by atoms with van der Waals surface area (Å²) < 4.78 is 5.17. The van der Waals surface area contributed by atoms with Crippen LogP contribution in [-0.4, -0.2) is 36.3 Å². The zero-order chi connectivity index (χ0) is 20.8. The van der Waals surface area contributed by atoms with Gasteiger partial charge >= 0.3 is 0 Å². The molecule has 7 nitrogen and oxygen atoms in total. The maximum Gasteiger partial charge on any atom is 0.255 e. The van der Waals surface area contributed by atoms with E-state index in [-0.39, 0.29) is 19.1 Å². The van der Waals surface area contributed by atoms with Gasteiger partial charge in [-0.05, 0) is 35.9 Å². The summed E-state index contributed by atoms with van der Waals surface area (Å²) in [6.07, 6.45) is 1.48. The summed E-state index contributed by atoms with van der Waals surface area (Å²) in [5, 5.41) is 25.3. The number of amides is 1. The van der Waals surface area contributed by atoms with Crippen LogP contribution in [-0.2, 0) is 6.54 Å². The molecule has 148 valence electrons. The van der Waals surface area contributed by atoms with E-state index in [1.165, 1.54) is 6.20 Å². The van der Waals surface area contributed by atoms with Gasteiger partial charge in [0.1, 0.15) is 5.75 Å². The van der Waals surface area contributed by atoms with Gasteiger partial charge in [-0.15, -0.1) is 0 Å². The van der Waals surface area contributed by atoms with Crippen LogP contribution in [0.4, 0.5) is 5.69 Å². The Kier molecular flexibility index (Phi) is 6.50. The third-order valence-corrected chi connectivity index (χ3v) is 4.62. The van der Waals surface area contributed by atoms with Crippen molar-refractivity contribution in [3.8, 4) is 11.8 Å². The highest BCUT2D eigenvalue weighted by molar-refractivity contribution is 6.32. The summed E-state index contributed by atoms with van der Waals surface area (Å²) in [6, 6.07) is 12.6. The van der Waals surface area contributed by atoms with Crippen molar-refractivity contribution in [2.24, 2.45) is 0 Å². The number of hydrogen-bond acceptors (Lipinski definition) is 6. The van der Waals surface area contributed by atoms with Crippen LogP contribution >= 0.6 is 11.6 Å². The number of nitrogens with one attached hydrogen (secondary N) is 2. The summed E-state index contributed by atoms with van der Waals surface area (Å²) in [5.74, 6) is 0.207. The standard InChI is InChI=1S/C21H19ClN4O3/c1-29-19-5-3-14(9-17(19)22)11-26-20-15-8-13(10-23)2-4-18(15)25-12-16(20)21(28)24-6-7-27/h2-5,8-9,12,27H,6-7,11H2,1H3,(H,24,28)(H,25,26). The van der Waals surface area contributed by atoms with Gasteiger partial charge in [0.25, 0.3) is 5.91 Å². The van der Waals surface area contributed by atoms with Crippen LogP contribution in [0.1, 0.15) is 21.5 Å². The molecule has 0 atom stereocenters. The third-order valence-electron chi connectivity index (χ3n) is 4.32. The van der Waals surface area contributed by atoms with Crippen molar-refractivity contribution < 1.29 is 14.6 Å². The first-order chi connectivity index (χ1) is 14.1. The molecule has 0 fully saturated rings. The van der Waals surface area contributed by atoms with E-state index in [0.29, 0.717) is 45.0 Å². The van der Waals surface area contributed by atoms with Gasteiger partial charge in [0.15, 0.2) is 0 Å². The summed E-state index contributed by atoms with van der Waals surface area (Å²) in [4.78, 5) is 16.9. The molecule has 3 N–H and O–H groups in total. The first-order valence-corrected chi connectivity index (χ1v) is 9.23. The number of methoxy groups -OCH3 is 1. The van der Waals surface area contributed by atoms with Crippen molar-refractivity contribution in [3.05, 3.63) is 64.3 Å². The molecule has 0 bridgehead atoms. The number of pyridine rings is 1. The minimum Gasteiger partial charge on any atom is -0.495 e. The lowest BCUT2D eigenvalue weighted by molar-refractivity contribution is 0.0945. The molecular weight excluding hydrogens is 392 g/mol. The number of aromatic nitrogens is 1. The average Bonchev–Trinajstić information content (AvgIpc) is 2.75.